The summed E-state index contributed by atoms with van der Waals surface area (Å²) in [5, 5.41) is 0. The Morgan fingerprint density at radius 1 is 1.16 bits per heavy atom. The van der Waals surface area contributed by atoms with Gasteiger partial charge in [0.1, 0.15) is 12.4 Å². The molecule has 98 valence electrons. The van der Waals surface area contributed by atoms with E-state index < -0.39 is 0 Å². The number of benzene rings is 2. The van der Waals surface area contributed by atoms with Crippen LogP contribution in [0.1, 0.15) is 29.7 Å². The molecular weight excluding hydrogens is 234 g/mol. The van der Waals surface area contributed by atoms with Crippen molar-refractivity contribution in [3.05, 3.63) is 65.2 Å². The van der Waals surface area contributed by atoms with Crippen LogP contribution in [0.4, 0.5) is 0 Å². The van der Waals surface area contributed by atoms with Gasteiger partial charge in [0.25, 0.3) is 0 Å². The predicted molar refractivity (Wildman–Crippen MR) is 77.0 cm³/mol. The van der Waals surface area contributed by atoms with Crippen molar-refractivity contribution in [2.75, 3.05) is 0 Å². The SMILES string of the molecule is CC1Cc2ccc(OCc3ccccc3)cc2C1N. The summed E-state index contributed by atoms with van der Waals surface area (Å²) in [6.45, 7) is 2.81. The van der Waals surface area contributed by atoms with Crippen molar-refractivity contribution in [3.63, 3.8) is 0 Å². The maximum Gasteiger partial charge on any atom is 0.120 e. The Balaban J connectivity index is 1.73. The van der Waals surface area contributed by atoms with E-state index >= 15 is 0 Å². The third-order valence-corrected chi connectivity index (χ3v) is 3.88. The van der Waals surface area contributed by atoms with E-state index in [9.17, 15) is 0 Å². The molecule has 1 aliphatic carbocycles. The molecule has 0 radical (unpaired) electrons. The molecule has 2 N–H and O–H groups in total. The van der Waals surface area contributed by atoms with E-state index in [1.165, 1.54) is 16.7 Å². The molecule has 19 heavy (non-hydrogen) atoms. The molecule has 3 rings (SSSR count). The molecule has 0 aliphatic heterocycles. The highest BCUT2D eigenvalue weighted by molar-refractivity contribution is 5.41. The van der Waals surface area contributed by atoms with Crippen LogP contribution in [0, 0.1) is 5.92 Å². The van der Waals surface area contributed by atoms with Crippen LogP contribution in [0.2, 0.25) is 0 Å². The zero-order valence-corrected chi connectivity index (χ0v) is 11.2. The van der Waals surface area contributed by atoms with Crippen molar-refractivity contribution >= 4 is 0 Å². The largest absolute Gasteiger partial charge is 0.489 e. The van der Waals surface area contributed by atoms with Crippen LogP contribution in [-0.4, -0.2) is 0 Å². The van der Waals surface area contributed by atoms with E-state index in [1.807, 2.05) is 24.3 Å². The second-order valence-corrected chi connectivity index (χ2v) is 5.34. The highest BCUT2D eigenvalue weighted by Crippen LogP contribution is 2.36. The lowest BCUT2D eigenvalue weighted by Gasteiger charge is -2.11. The molecule has 0 bridgehead atoms. The fraction of sp³-hybridized carbons (Fsp3) is 0.294. The van der Waals surface area contributed by atoms with Gasteiger partial charge in [-0.05, 0) is 41.2 Å². The molecule has 0 aromatic heterocycles. The minimum Gasteiger partial charge on any atom is -0.489 e. The first-order valence-electron chi connectivity index (χ1n) is 6.79. The van der Waals surface area contributed by atoms with E-state index in [4.69, 9.17) is 10.5 Å². The second kappa shape index (κ2) is 5.06. The topological polar surface area (TPSA) is 35.2 Å². The van der Waals surface area contributed by atoms with Crippen molar-refractivity contribution in [3.8, 4) is 5.75 Å². The molecule has 2 unspecified atom stereocenters. The number of fused-ring (bicyclic) bond motifs is 1. The Kier molecular flexibility index (Phi) is 3.26. The minimum atomic E-state index is 0.148. The minimum absolute atomic E-state index is 0.148. The number of ether oxygens (including phenoxy) is 1. The lowest BCUT2D eigenvalue weighted by molar-refractivity contribution is 0.305. The summed E-state index contributed by atoms with van der Waals surface area (Å²) in [7, 11) is 0. The number of hydrogen-bond donors (Lipinski definition) is 1. The van der Waals surface area contributed by atoms with Gasteiger partial charge in [0.15, 0.2) is 0 Å². The van der Waals surface area contributed by atoms with E-state index in [2.05, 4.69) is 31.2 Å². The summed E-state index contributed by atoms with van der Waals surface area (Å²) in [6, 6.07) is 16.7. The van der Waals surface area contributed by atoms with Crippen LogP contribution >= 0.6 is 0 Å². The van der Waals surface area contributed by atoms with Crippen molar-refractivity contribution in [1.82, 2.24) is 0 Å². The molecule has 0 amide bonds. The van der Waals surface area contributed by atoms with Gasteiger partial charge in [0.05, 0.1) is 0 Å². The molecule has 0 spiro atoms. The summed E-state index contributed by atoms with van der Waals surface area (Å²) >= 11 is 0. The maximum absolute atomic E-state index is 6.21. The zero-order chi connectivity index (χ0) is 13.2. The van der Waals surface area contributed by atoms with Crippen molar-refractivity contribution in [2.45, 2.75) is 26.0 Å². The standard InChI is InChI=1S/C17H19NO/c1-12-9-14-7-8-15(10-16(14)17(12)18)19-11-13-5-3-2-4-6-13/h2-8,10,12,17H,9,11,18H2,1H3. The molecule has 2 aromatic carbocycles. The first-order chi connectivity index (χ1) is 9.24. The average Bonchev–Trinajstić information content (AvgIpc) is 2.73. The Morgan fingerprint density at radius 3 is 2.74 bits per heavy atom. The van der Waals surface area contributed by atoms with Gasteiger partial charge in [-0.2, -0.15) is 0 Å². The summed E-state index contributed by atoms with van der Waals surface area (Å²) in [6.07, 6.45) is 1.08. The molecular formula is C17H19NO. The fourth-order valence-electron chi connectivity index (χ4n) is 2.68. The Hall–Kier alpha value is -1.80. The van der Waals surface area contributed by atoms with Crippen LogP contribution in [0.15, 0.2) is 48.5 Å². The molecule has 2 atom stereocenters. The summed E-state index contributed by atoms with van der Waals surface area (Å²) in [5.41, 5.74) is 10.0. The molecule has 0 saturated carbocycles. The number of rotatable bonds is 3. The molecule has 2 aromatic rings. The summed E-state index contributed by atoms with van der Waals surface area (Å²) in [4.78, 5) is 0. The Bertz CT molecular complexity index is 565. The highest BCUT2D eigenvalue weighted by Gasteiger charge is 2.26. The van der Waals surface area contributed by atoms with Crippen LogP contribution in [-0.2, 0) is 13.0 Å². The van der Waals surface area contributed by atoms with E-state index in [1.54, 1.807) is 0 Å². The Morgan fingerprint density at radius 2 is 1.95 bits per heavy atom. The van der Waals surface area contributed by atoms with Gasteiger partial charge in [0.2, 0.25) is 0 Å². The van der Waals surface area contributed by atoms with Gasteiger partial charge < -0.3 is 10.5 Å². The summed E-state index contributed by atoms with van der Waals surface area (Å²) < 4.78 is 5.85. The maximum atomic E-state index is 6.21. The van der Waals surface area contributed by atoms with E-state index in [-0.39, 0.29) is 6.04 Å². The van der Waals surface area contributed by atoms with Gasteiger partial charge in [-0.1, -0.05) is 43.3 Å². The molecule has 0 saturated heterocycles. The van der Waals surface area contributed by atoms with Crippen LogP contribution in [0.5, 0.6) is 5.75 Å². The van der Waals surface area contributed by atoms with Gasteiger partial charge in [-0.3, -0.25) is 0 Å². The third kappa shape index (κ3) is 2.49. The summed E-state index contributed by atoms with van der Waals surface area (Å²) in [5.74, 6) is 1.44. The van der Waals surface area contributed by atoms with Crippen molar-refractivity contribution in [1.29, 1.82) is 0 Å². The third-order valence-electron chi connectivity index (χ3n) is 3.88. The van der Waals surface area contributed by atoms with Crippen LogP contribution in [0.3, 0.4) is 0 Å². The average molecular weight is 253 g/mol. The zero-order valence-electron chi connectivity index (χ0n) is 11.2. The first-order valence-corrected chi connectivity index (χ1v) is 6.79. The molecule has 0 fully saturated rings. The smallest absolute Gasteiger partial charge is 0.120 e. The van der Waals surface area contributed by atoms with Gasteiger partial charge in [0, 0.05) is 6.04 Å². The molecule has 2 heteroatoms. The normalized spacial score (nSPS) is 21.2. The van der Waals surface area contributed by atoms with Crippen molar-refractivity contribution < 1.29 is 4.74 Å². The molecule has 1 aliphatic rings. The Labute approximate surface area is 114 Å². The predicted octanol–water partition coefficient (Wildman–Crippen LogP) is 3.46. The van der Waals surface area contributed by atoms with E-state index in [0.29, 0.717) is 12.5 Å². The highest BCUT2D eigenvalue weighted by atomic mass is 16.5. The second-order valence-electron chi connectivity index (χ2n) is 5.34. The quantitative estimate of drug-likeness (QED) is 0.909. The van der Waals surface area contributed by atoms with E-state index in [0.717, 1.165) is 12.2 Å². The number of hydrogen-bond acceptors (Lipinski definition) is 2. The molecule has 2 nitrogen and oxygen atoms in total. The lowest BCUT2D eigenvalue weighted by atomic mass is 10.0. The van der Waals surface area contributed by atoms with Crippen LogP contribution in [0.25, 0.3) is 0 Å². The fourth-order valence-corrected chi connectivity index (χ4v) is 2.68. The first kappa shape index (κ1) is 12.2. The van der Waals surface area contributed by atoms with Crippen LogP contribution < -0.4 is 10.5 Å². The van der Waals surface area contributed by atoms with Crippen molar-refractivity contribution in [2.24, 2.45) is 11.7 Å². The van der Waals surface area contributed by atoms with Gasteiger partial charge >= 0.3 is 0 Å². The van der Waals surface area contributed by atoms with Gasteiger partial charge in [-0.15, -0.1) is 0 Å². The molecule has 0 heterocycles. The monoisotopic (exact) mass is 253 g/mol. The van der Waals surface area contributed by atoms with Gasteiger partial charge in [-0.25, -0.2) is 0 Å². The lowest BCUT2D eigenvalue weighted by Crippen LogP contribution is -2.13. The number of nitrogens with two attached hydrogens (primary N) is 1.